The van der Waals surface area contributed by atoms with Crippen LogP contribution in [0.5, 0.6) is 11.5 Å². The van der Waals surface area contributed by atoms with Crippen LogP contribution >= 0.6 is 0 Å². The third-order valence-corrected chi connectivity index (χ3v) is 6.34. The molecule has 2 N–H and O–H groups in total. The predicted molar refractivity (Wildman–Crippen MR) is 110 cm³/mol. The number of amides is 1. The molecular weight excluding hydrogens is 368 g/mol. The molecule has 2 aromatic rings. The number of hydrogen-bond donors (Lipinski definition) is 2. The maximum Gasteiger partial charge on any atom is 0.234 e. The zero-order chi connectivity index (χ0) is 20.2. The number of H-pyrrole nitrogens is 1. The van der Waals surface area contributed by atoms with Crippen LogP contribution in [-0.2, 0) is 11.2 Å². The van der Waals surface area contributed by atoms with Crippen molar-refractivity contribution in [1.82, 2.24) is 20.2 Å². The molecule has 3 aliphatic heterocycles. The normalized spacial score (nSPS) is 26.2. The van der Waals surface area contributed by atoms with Crippen LogP contribution in [-0.4, -0.2) is 51.7 Å². The van der Waals surface area contributed by atoms with E-state index in [1.807, 2.05) is 32.9 Å². The summed E-state index contributed by atoms with van der Waals surface area (Å²) in [4.78, 5) is 23.1. The van der Waals surface area contributed by atoms with Gasteiger partial charge in [-0.15, -0.1) is 0 Å². The van der Waals surface area contributed by atoms with E-state index in [-0.39, 0.29) is 18.2 Å². The lowest BCUT2D eigenvalue weighted by Crippen LogP contribution is -2.51. The van der Waals surface area contributed by atoms with Crippen molar-refractivity contribution < 1.29 is 14.3 Å². The van der Waals surface area contributed by atoms with Gasteiger partial charge < -0.3 is 19.8 Å². The summed E-state index contributed by atoms with van der Waals surface area (Å²) in [5.41, 5.74) is 1.70. The van der Waals surface area contributed by atoms with Gasteiger partial charge in [0.2, 0.25) is 12.7 Å². The van der Waals surface area contributed by atoms with Crippen LogP contribution in [0.15, 0.2) is 12.1 Å². The van der Waals surface area contributed by atoms with Gasteiger partial charge in [0.25, 0.3) is 0 Å². The van der Waals surface area contributed by atoms with E-state index in [4.69, 9.17) is 14.5 Å². The highest BCUT2D eigenvalue weighted by molar-refractivity contribution is 5.85. The van der Waals surface area contributed by atoms with Gasteiger partial charge in [-0.2, -0.15) is 0 Å². The van der Waals surface area contributed by atoms with Gasteiger partial charge in [0.05, 0.1) is 12.1 Å². The summed E-state index contributed by atoms with van der Waals surface area (Å²) in [6.45, 7) is 6.89. The van der Waals surface area contributed by atoms with Gasteiger partial charge >= 0.3 is 0 Å². The number of piperidine rings is 1. The Hall–Kier alpha value is -2.28. The number of nitrogens with zero attached hydrogens (tertiary/aromatic N) is 2. The largest absolute Gasteiger partial charge is 0.454 e. The van der Waals surface area contributed by atoms with Crippen LogP contribution in [0.25, 0.3) is 11.0 Å². The van der Waals surface area contributed by atoms with E-state index in [1.54, 1.807) is 0 Å². The first-order valence-electron chi connectivity index (χ1n) is 10.7. The summed E-state index contributed by atoms with van der Waals surface area (Å²) in [5, 5.41) is 3.10. The van der Waals surface area contributed by atoms with E-state index in [9.17, 15) is 4.79 Å². The Balaban J connectivity index is 1.25. The number of hydrogen-bond acceptors (Lipinski definition) is 5. The number of benzene rings is 1. The van der Waals surface area contributed by atoms with Crippen molar-refractivity contribution in [2.75, 3.05) is 13.3 Å². The van der Waals surface area contributed by atoms with Crippen LogP contribution in [0.1, 0.15) is 52.3 Å². The number of nitrogens with one attached hydrogen (secondary N) is 2. The van der Waals surface area contributed by atoms with Crippen LogP contribution in [0.2, 0.25) is 0 Å². The van der Waals surface area contributed by atoms with E-state index in [2.05, 4.69) is 15.2 Å². The number of fused-ring (bicyclic) bond motifs is 5. The molecule has 2 bridgehead atoms. The van der Waals surface area contributed by atoms with Crippen molar-refractivity contribution in [2.24, 2.45) is 5.92 Å². The average Bonchev–Trinajstić information content (AvgIpc) is 3.29. The molecular formula is C22H30N4O3. The van der Waals surface area contributed by atoms with Gasteiger partial charge in [-0.05, 0) is 64.5 Å². The van der Waals surface area contributed by atoms with Crippen LogP contribution in [0.3, 0.4) is 0 Å². The zero-order valence-electron chi connectivity index (χ0n) is 17.5. The third-order valence-electron chi connectivity index (χ3n) is 6.34. The summed E-state index contributed by atoms with van der Waals surface area (Å²) in [6, 6.07) is 4.97. The number of ether oxygens (including phenoxy) is 2. The molecule has 2 saturated heterocycles. The van der Waals surface area contributed by atoms with E-state index < -0.39 is 0 Å². The fourth-order valence-electron chi connectivity index (χ4n) is 5.29. The molecule has 7 nitrogen and oxygen atoms in total. The van der Waals surface area contributed by atoms with E-state index in [1.165, 1.54) is 12.8 Å². The Morgan fingerprint density at radius 1 is 1.24 bits per heavy atom. The Morgan fingerprint density at radius 2 is 2.00 bits per heavy atom. The van der Waals surface area contributed by atoms with E-state index in [0.717, 1.165) is 47.6 Å². The second-order valence-corrected chi connectivity index (χ2v) is 9.78. The summed E-state index contributed by atoms with van der Waals surface area (Å²) in [5.74, 6) is 3.29. The molecule has 156 valence electrons. The minimum Gasteiger partial charge on any atom is -0.454 e. The second kappa shape index (κ2) is 6.90. The zero-order valence-corrected chi connectivity index (χ0v) is 17.5. The Kier molecular flexibility index (Phi) is 4.46. The van der Waals surface area contributed by atoms with E-state index in [0.29, 0.717) is 24.5 Å². The van der Waals surface area contributed by atoms with Crippen molar-refractivity contribution >= 4 is 16.9 Å². The van der Waals surface area contributed by atoms with Crippen molar-refractivity contribution in [1.29, 1.82) is 0 Å². The topological polar surface area (TPSA) is 79.5 Å². The first-order chi connectivity index (χ1) is 13.9. The van der Waals surface area contributed by atoms with Crippen molar-refractivity contribution in [3.05, 3.63) is 18.0 Å². The summed E-state index contributed by atoms with van der Waals surface area (Å²) in [6.07, 6.45) is 5.60. The lowest BCUT2D eigenvalue weighted by Gasteiger charge is -2.38. The minimum absolute atomic E-state index is 0.140. The molecule has 29 heavy (non-hydrogen) atoms. The molecule has 1 aromatic carbocycles. The molecule has 3 atom stereocenters. The minimum atomic E-state index is -0.176. The van der Waals surface area contributed by atoms with Crippen molar-refractivity contribution in [3.63, 3.8) is 0 Å². The monoisotopic (exact) mass is 398 g/mol. The molecule has 1 unspecified atom stereocenters. The van der Waals surface area contributed by atoms with Gasteiger partial charge in [0.1, 0.15) is 11.3 Å². The van der Waals surface area contributed by atoms with Gasteiger partial charge in [0, 0.05) is 24.0 Å². The van der Waals surface area contributed by atoms with Crippen molar-refractivity contribution in [3.8, 4) is 11.5 Å². The lowest BCUT2D eigenvalue weighted by molar-refractivity contribution is -0.125. The first-order valence-corrected chi connectivity index (χ1v) is 10.7. The van der Waals surface area contributed by atoms with Gasteiger partial charge in [-0.25, -0.2) is 4.98 Å². The van der Waals surface area contributed by atoms with Gasteiger partial charge in [0.15, 0.2) is 11.5 Å². The van der Waals surface area contributed by atoms with Crippen LogP contribution < -0.4 is 14.8 Å². The number of aromatic nitrogens is 2. The Morgan fingerprint density at radius 3 is 2.72 bits per heavy atom. The highest BCUT2D eigenvalue weighted by Gasteiger charge is 2.41. The van der Waals surface area contributed by atoms with E-state index >= 15 is 0 Å². The maximum absolute atomic E-state index is 12.4. The molecule has 3 aliphatic rings. The smallest absolute Gasteiger partial charge is 0.234 e. The fraction of sp³-hybridized carbons (Fsp3) is 0.636. The number of aromatic amines is 1. The molecule has 0 saturated carbocycles. The molecule has 4 heterocycles. The third kappa shape index (κ3) is 3.68. The fourth-order valence-corrected chi connectivity index (χ4v) is 5.29. The second-order valence-electron chi connectivity index (χ2n) is 9.78. The standard InChI is InChI=1S/C22H30N4O3/c1-22(2,3)25-19(27)11-26-14-4-5-15(26)9-13(8-14)10-18-23-16-6-7-17-21(20(16)24-18)29-12-28-17/h6-7,13-15H,4-5,8-12H2,1-3H3,(H,23,24)(H,25,27)/t13?,14-,15+. The Labute approximate surface area is 171 Å². The lowest BCUT2D eigenvalue weighted by atomic mass is 9.88. The average molecular weight is 399 g/mol. The predicted octanol–water partition coefficient (Wildman–Crippen LogP) is 2.99. The SMILES string of the molecule is CC(C)(C)NC(=O)CN1[C@@H]2CC[C@H]1CC(Cc1nc3c4c(ccc3[nH]1)OCO4)C2. The highest BCUT2D eigenvalue weighted by atomic mass is 16.7. The quantitative estimate of drug-likeness (QED) is 0.828. The molecule has 1 aromatic heterocycles. The molecule has 0 radical (unpaired) electrons. The molecule has 5 rings (SSSR count). The van der Waals surface area contributed by atoms with Crippen molar-refractivity contribution in [2.45, 2.75) is 70.5 Å². The number of rotatable bonds is 4. The summed E-state index contributed by atoms with van der Waals surface area (Å²) in [7, 11) is 0. The Bertz CT molecular complexity index is 918. The molecule has 0 aliphatic carbocycles. The number of imidazole rings is 1. The first kappa shape index (κ1) is 18.7. The number of carbonyl (C=O) groups excluding carboxylic acids is 1. The number of carbonyl (C=O) groups is 1. The maximum atomic E-state index is 12.4. The summed E-state index contributed by atoms with van der Waals surface area (Å²) < 4.78 is 11.1. The summed E-state index contributed by atoms with van der Waals surface area (Å²) >= 11 is 0. The van der Waals surface area contributed by atoms with Crippen LogP contribution in [0, 0.1) is 5.92 Å². The molecule has 1 amide bonds. The van der Waals surface area contributed by atoms with Crippen LogP contribution in [0.4, 0.5) is 0 Å². The molecule has 0 spiro atoms. The molecule has 2 fully saturated rings. The van der Waals surface area contributed by atoms with Gasteiger partial charge in [-0.1, -0.05) is 0 Å². The van der Waals surface area contributed by atoms with Gasteiger partial charge in [-0.3, -0.25) is 9.69 Å². The molecule has 7 heteroatoms. The highest BCUT2D eigenvalue weighted by Crippen LogP contribution is 2.41.